The third-order valence-corrected chi connectivity index (χ3v) is 16.5. The van der Waals surface area contributed by atoms with E-state index in [0.717, 1.165) is 21.6 Å². The maximum atomic E-state index is 15.2. The summed E-state index contributed by atoms with van der Waals surface area (Å²) >= 11 is 0. The minimum absolute atomic E-state index is 0.0100. The van der Waals surface area contributed by atoms with Gasteiger partial charge in [0.2, 0.25) is 59.1 Å². The summed E-state index contributed by atoms with van der Waals surface area (Å²) in [5.41, 5.74) is 0. The fraction of sp³-hybridized carbons (Fsp3) is 0.781. The monoisotopic (exact) mass is 1260 g/mol. The Kier molecular flexibility index (Phi) is 32.7. The Hall–Kier alpha value is -6.66. The minimum atomic E-state index is -2.02. The van der Waals surface area contributed by atoms with Gasteiger partial charge < -0.3 is 65.4 Å². The number of ether oxygens (including phenoxy) is 1. The molecule has 0 aromatic heterocycles. The lowest BCUT2D eigenvalue weighted by Crippen LogP contribution is -2.64. The number of allylic oxidation sites excluding steroid dienone is 2. The third-order valence-electron chi connectivity index (χ3n) is 16.5. The van der Waals surface area contributed by atoms with E-state index >= 15 is 9.59 Å². The van der Waals surface area contributed by atoms with Gasteiger partial charge in [-0.3, -0.25) is 57.5 Å². The van der Waals surface area contributed by atoms with Crippen LogP contribution in [0.5, 0.6) is 0 Å². The highest BCUT2D eigenvalue weighted by Crippen LogP contribution is 2.26. The van der Waals surface area contributed by atoms with Gasteiger partial charge in [0.25, 0.3) is 12.1 Å². The minimum Gasteiger partial charge on any atom is -0.432 e. The first kappa shape index (κ1) is 80.4. The van der Waals surface area contributed by atoms with Crippen LogP contribution in [0.4, 0.5) is 0 Å². The van der Waals surface area contributed by atoms with Crippen LogP contribution in [0.25, 0.3) is 0 Å². The molecule has 89 heavy (non-hydrogen) atoms. The molecule has 1 aliphatic heterocycles. The van der Waals surface area contributed by atoms with Crippen molar-refractivity contribution in [2.75, 3.05) is 49.3 Å². The Morgan fingerprint density at radius 2 is 0.876 bits per heavy atom. The maximum absolute atomic E-state index is 15.2. The van der Waals surface area contributed by atoms with Crippen molar-refractivity contribution in [1.29, 1.82) is 0 Å². The van der Waals surface area contributed by atoms with Crippen LogP contribution in [0.1, 0.15) is 163 Å². The summed E-state index contributed by atoms with van der Waals surface area (Å²) < 4.78 is 5.54. The number of aliphatic hydroxyl groups excluding tert-OH is 1. The van der Waals surface area contributed by atoms with Gasteiger partial charge in [0.1, 0.15) is 60.4 Å². The van der Waals surface area contributed by atoms with Crippen molar-refractivity contribution in [3.05, 3.63) is 12.2 Å². The van der Waals surface area contributed by atoms with Gasteiger partial charge in [0, 0.05) is 56.3 Å². The lowest BCUT2D eigenvalue weighted by atomic mass is 9.91. The second kappa shape index (κ2) is 36.3. The molecule has 11 amide bonds. The molecule has 13 atom stereocenters. The summed E-state index contributed by atoms with van der Waals surface area (Å²) in [4.78, 5) is 183. The van der Waals surface area contributed by atoms with Gasteiger partial charge in [-0.2, -0.15) is 0 Å². The zero-order valence-electron chi connectivity index (χ0n) is 58.3. The van der Waals surface area contributed by atoms with Crippen LogP contribution in [-0.2, 0) is 62.3 Å². The topological polar surface area (TPSA) is 305 Å². The van der Waals surface area contributed by atoms with Crippen LogP contribution >= 0.6 is 0 Å². The van der Waals surface area contributed by atoms with E-state index in [1.54, 1.807) is 74.5 Å². The van der Waals surface area contributed by atoms with Crippen molar-refractivity contribution >= 4 is 70.9 Å². The predicted octanol–water partition coefficient (Wildman–Crippen LogP) is 3.16. The predicted molar refractivity (Wildman–Crippen MR) is 339 cm³/mol. The Labute approximate surface area is 530 Å². The molecule has 0 bridgehead atoms. The first-order valence-corrected chi connectivity index (χ1v) is 31.6. The molecular weight excluding hydrogens is 1150 g/mol. The van der Waals surface area contributed by atoms with Crippen LogP contribution in [-0.4, -0.2) is 232 Å². The van der Waals surface area contributed by atoms with E-state index in [-0.39, 0.29) is 62.2 Å². The number of esters is 1. The van der Waals surface area contributed by atoms with Crippen LogP contribution in [0.2, 0.25) is 0 Å². The van der Waals surface area contributed by atoms with Gasteiger partial charge >= 0.3 is 5.97 Å². The Morgan fingerprint density at radius 3 is 1.30 bits per heavy atom. The normalized spacial score (nSPS) is 27.0. The number of carbonyl (C=O) groups excluding carboxylic acids is 12. The second-order valence-corrected chi connectivity index (χ2v) is 26.8. The zero-order valence-corrected chi connectivity index (χ0v) is 58.3. The molecule has 0 aromatic rings. The molecule has 1 unspecified atom stereocenters. The van der Waals surface area contributed by atoms with E-state index < -0.39 is 161 Å². The molecule has 0 aromatic carbocycles. The summed E-state index contributed by atoms with van der Waals surface area (Å²) in [6.07, 6.45) is 0.447. The van der Waals surface area contributed by atoms with Crippen molar-refractivity contribution in [3.8, 4) is 0 Å². The van der Waals surface area contributed by atoms with Gasteiger partial charge in [0.05, 0.1) is 6.10 Å². The van der Waals surface area contributed by atoms with Gasteiger partial charge in [-0.05, 0) is 101 Å². The van der Waals surface area contributed by atoms with E-state index in [0.29, 0.717) is 0 Å². The molecule has 0 radical (unpaired) electrons. The largest absolute Gasteiger partial charge is 0.432 e. The fourth-order valence-electron chi connectivity index (χ4n) is 11.0. The smallest absolute Gasteiger partial charge is 0.304 e. The molecule has 25 nitrogen and oxygen atoms in total. The van der Waals surface area contributed by atoms with Crippen LogP contribution < -0.4 is 21.3 Å². The highest BCUT2D eigenvalue weighted by Gasteiger charge is 2.47. The Balaban J connectivity index is 4.49. The molecule has 1 heterocycles. The number of nitrogens with zero attached hydrogens (tertiary/aromatic N) is 7. The number of aliphatic hydroxyl groups is 1. The summed E-state index contributed by atoms with van der Waals surface area (Å²) in [6, 6.07) is -13.2. The lowest BCUT2D eigenvalue weighted by Gasteiger charge is -2.41. The molecule has 508 valence electrons. The molecule has 0 aliphatic carbocycles. The van der Waals surface area contributed by atoms with E-state index in [4.69, 9.17) is 4.74 Å². The van der Waals surface area contributed by atoms with Gasteiger partial charge in [-0.15, -0.1) is 0 Å². The summed E-state index contributed by atoms with van der Waals surface area (Å²) in [5.74, 6) is -12.2. The molecule has 1 aliphatic rings. The highest BCUT2D eigenvalue weighted by atomic mass is 16.6. The first-order valence-electron chi connectivity index (χ1n) is 31.6. The molecular formula is C64H113N11O14. The summed E-state index contributed by atoms with van der Waals surface area (Å²) in [5, 5.41) is 23.0. The standard InChI is InChI=1S/C64H113N11O14/c1-26-28-29-40(15)52(77)51-56(81)67-44(27-2)58(83)75(25)64(89-43(18)76)63(88)70(20)46(31-35(5)6)55(80)68-49(38(11)12)61(86)69(19)45(30-34(3)4)54(79)65-41(16)53(78)66-42(17)57(82)71(21)47(32-36(7)8)59(84)72(22)48(33-37(9)10)60(85)73(23)50(39(13)14)62(87)74(51)24/h26,28,34-42,44-52,64,77H,27,29-33H2,1-25H3,(H,65,79)(H,66,78)(H,67,81)(H,68,80)/b28-26+/t40-,41+,42-,44+,45+,46+,47+,48+,49+,50+,51+,52-,64?/m1/s1. The summed E-state index contributed by atoms with van der Waals surface area (Å²) in [6.45, 7) is 30.3. The zero-order chi connectivity index (χ0) is 69.1. The number of hydrogen-bond donors (Lipinski definition) is 5. The third kappa shape index (κ3) is 22.4. The van der Waals surface area contributed by atoms with Crippen LogP contribution in [0, 0.1) is 41.4 Å². The number of hydrogen-bond acceptors (Lipinski definition) is 14. The molecule has 5 N–H and O–H groups in total. The Bertz CT molecular complexity index is 2490. The molecule has 1 fully saturated rings. The quantitative estimate of drug-likeness (QED) is 0.110. The number of rotatable bonds is 16. The molecule has 1 saturated heterocycles. The second-order valence-electron chi connectivity index (χ2n) is 26.8. The summed E-state index contributed by atoms with van der Waals surface area (Å²) in [7, 11) is 9.43. The number of amides is 11. The molecule has 1 rings (SSSR count). The van der Waals surface area contributed by atoms with E-state index in [1.807, 2.05) is 41.5 Å². The number of carbonyl (C=O) groups is 12. The van der Waals surface area contributed by atoms with Gasteiger partial charge in [-0.1, -0.05) is 109 Å². The molecule has 0 spiro atoms. The number of nitrogens with one attached hydrogen (secondary N) is 4. The SMILES string of the molecule is C/C=C/C[C@@H](C)[C@@H](O)[C@H]1C(=O)N[C@@H](CC)C(=O)N(C)C(OC(C)=O)C(=O)N(C)[C@@H](CC(C)C)C(=O)N[C@@H](C(C)C)C(=O)N(C)[C@@H](CC(C)C)C(=O)N[C@@H](C)C(=O)N[C@H](C)C(=O)N(C)[C@@H](CC(C)C)C(=O)N(C)[C@@H](CC(C)C)C(=O)N(C)[C@@H](C(C)C)C(=O)N1C. The van der Waals surface area contributed by atoms with Gasteiger partial charge in [0.15, 0.2) is 0 Å². The molecule has 0 saturated carbocycles. The average molecular weight is 1260 g/mol. The van der Waals surface area contributed by atoms with E-state index in [2.05, 4.69) is 21.3 Å². The van der Waals surface area contributed by atoms with E-state index in [9.17, 15) is 53.1 Å². The Morgan fingerprint density at radius 1 is 0.472 bits per heavy atom. The number of likely N-dealkylation sites (N-methyl/N-ethyl adjacent to an activating group) is 7. The van der Waals surface area contributed by atoms with Crippen LogP contribution in [0.15, 0.2) is 12.2 Å². The lowest BCUT2D eigenvalue weighted by molar-refractivity contribution is -0.176. The van der Waals surface area contributed by atoms with Crippen molar-refractivity contribution in [1.82, 2.24) is 55.6 Å². The van der Waals surface area contributed by atoms with E-state index in [1.165, 1.54) is 82.8 Å². The maximum Gasteiger partial charge on any atom is 0.304 e. The van der Waals surface area contributed by atoms with Crippen molar-refractivity contribution in [2.45, 2.75) is 236 Å². The highest BCUT2D eigenvalue weighted by molar-refractivity contribution is 6.00. The molecule has 25 heteroatoms. The first-order chi connectivity index (χ1) is 41.0. The van der Waals surface area contributed by atoms with Crippen molar-refractivity contribution in [2.24, 2.45) is 41.4 Å². The van der Waals surface area contributed by atoms with Gasteiger partial charge in [-0.25, -0.2) is 0 Å². The van der Waals surface area contributed by atoms with Crippen molar-refractivity contribution in [3.63, 3.8) is 0 Å². The van der Waals surface area contributed by atoms with Crippen LogP contribution in [0.3, 0.4) is 0 Å². The van der Waals surface area contributed by atoms with Crippen molar-refractivity contribution < 1.29 is 67.4 Å². The fourth-order valence-corrected chi connectivity index (χ4v) is 11.0. The average Bonchev–Trinajstić information content (AvgIpc) is 1.46.